The van der Waals surface area contributed by atoms with Crippen LogP contribution in [0.4, 0.5) is 10.5 Å². The number of benzene rings is 1. The molecule has 0 spiro atoms. The molecule has 96 valence electrons. The number of amides is 2. The molecule has 1 heterocycles. The average molecular weight is 245 g/mol. The zero-order chi connectivity index (χ0) is 13.1. The fourth-order valence-corrected chi connectivity index (χ4v) is 2.20. The lowest BCUT2D eigenvalue weighted by molar-refractivity contribution is 0.259. The summed E-state index contributed by atoms with van der Waals surface area (Å²) in [7, 11) is 1.97. The van der Waals surface area contributed by atoms with Crippen LogP contribution in [-0.2, 0) is 0 Å². The number of hydrogen-bond donors (Lipinski definition) is 1. The third-order valence-corrected chi connectivity index (χ3v) is 3.28. The van der Waals surface area contributed by atoms with E-state index in [-0.39, 0.29) is 6.03 Å². The minimum absolute atomic E-state index is 0.281. The average Bonchev–Trinajstić information content (AvgIpc) is 2.70. The Morgan fingerprint density at radius 1 is 1.33 bits per heavy atom. The number of nitrogens with one attached hydrogen (secondary N) is 1. The quantitative estimate of drug-likeness (QED) is 0.826. The summed E-state index contributed by atoms with van der Waals surface area (Å²) >= 11 is 0. The van der Waals surface area contributed by atoms with Crippen molar-refractivity contribution in [1.82, 2.24) is 4.90 Å². The van der Waals surface area contributed by atoms with Crippen molar-refractivity contribution < 1.29 is 4.79 Å². The lowest BCUT2D eigenvalue weighted by atomic mass is 10.1. The number of aliphatic imine (C=N–C) groups is 1. The van der Waals surface area contributed by atoms with Gasteiger partial charge in [0.1, 0.15) is 5.84 Å². The van der Waals surface area contributed by atoms with Gasteiger partial charge in [-0.1, -0.05) is 18.2 Å². The summed E-state index contributed by atoms with van der Waals surface area (Å²) in [5.41, 5.74) is 2.99. The number of amidine groups is 1. The maximum Gasteiger partial charge on any atom is 0.347 e. The van der Waals surface area contributed by atoms with E-state index < -0.39 is 0 Å². The highest BCUT2D eigenvalue weighted by Gasteiger charge is 2.16. The molecule has 0 aromatic heterocycles. The Morgan fingerprint density at radius 2 is 2.00 bits per heavy atom. The van der Waals surface area contributed by atoms with Gasteiger partial charge in [-0.25, -0.2) is 4.79 Å². The first-order valence-electron chi connectivity index (χ1n) is 6.24. The van der Waals surface area contributed by atoms with Crippen LogP contribution in [0.25, 0.3) is 0 Å². The number of hydrogen-bond acceptors (Lipinski definition) is 1. The molecule has 1 aromatic rings. The van der Waals surface area contributed by atoms with Crippen molar-refractivity contribution in [3.8, 4) is 0 Å². The second-order valence-corrected chi connectivity index (χ2v) is 4.75. The van der Waals surface area contributed by atoms with Crippen LogP contribution in [0.3, 0.4) is 0 Å². The fourth-order valence-electron chi connectivity index (χ4n) is 2.20. The highest BCUT2D eigenvalue weighted by atomic mass is 16.2. The van der Waals surface area contributed by atoms with Gasteiger partial charge in [0.05, 0.1) is 0 Å². The molecular formula is C14H19N3O. The molecule has 1 N–H and O–H groups in total. The maximum atomic E-state index is 11.9. The van der Waals surface area contributed by atoms with E-state index in [1.54, 1.807) is 0 Å². The van der Waals surface area contributed by atoms with Crippen molar-refractivity contribution in [1.29, 1.82) is 0 Å². The van der Waals surface area contributed by atoms with Gasteiger partial charge < -0.3 is 10.2 Å². The molecule has 0 atom stereocenters. The second-order valence-electron chi connectivity index (χ2n) is 4.75. The molecule has 18 heavy (non-hydrogen) atoms. The highest BCUT2D eigenvalue weighted by molar-refractivity contribution is 6.01. The predicted molar refractivity (Wildman–Crippen MR) is 74.2 cm³/mol. The Morgan fingerprint density at radius 3 is 2.56 bits per heavy atom. The molecule has 1 aromatic carbocycles. The molecule has 2 rings (SSSR count). The van der Waals surface area contributed by atoms with E-state index >= 15 is 0 Å². The molecular weight excluding hydrogens is 226 g/mol. The first-order chi connectivity index (χ1) is 8.58. The molecule has 1 aliphatic heterocycles. The van der Waals surface area contributed by atoms with Gasteiger partial charge in [0.15, 0.2) is 0 Å². The van der Waals surface area contributed by atoms with E-state index in [0.717, 1.165) is 42.0 Å². The summed E-state index contributed by atoms with van der Waals surface area (Å²) in [6.45, 7) is 4.95. The van der Waals surface area contributed by atoms with Gasteiger partial charge in [0.2, 0.25) is 0 Å². The van der Waals surface area contributed by atoms with Gasteiger partial charge in [-0.2, -0.15) is 4.99 Å². The van der Waals surface area contributed by atoms with Crippen molar-refractivity contribution in [3.63, 3.8) is 0 Å². The molecule has 0 aliphatic carbocycles. The normalized spacial score (nSPS) is 17.3. The smallest absolute Gasteiger partial charge is 0.347 e. The molecule has 2 amide bonds. The third kappa shape index (κ3) is 2.70. The van der Waals surface area contributed by atoms with Crippen molar-refractivity contribution in [2.75, 3.05) is 18.9 Å². The van der Waals surface area contributed by atoms with Gasteiger partial charge >= 0.3 is 6.03 Å². The first-order valence-corrected chi connectivity index (χ1v) is 6.24. The number of urea groups is 1. The van der Waals surface area contributed by atoms with Crippen LogP contribution in [0.2, 0.25) is 0 Å². The number of carbonyl (C=O) groups excluding carboxylic acids is 1. The van der Waals surface area contributed by atoms with E-state index in [9.17, 15) is 4.79 Å². The summed E-state index contributed by atoms with van der Waals surface area (Å²) in [4.78, 5) is 18.1. The van der Waals surface area contributed by atoms with Gasteiger partial charge in [-0.05, 0) is 31.4 Å². The number of carbonyl (C=O) groups is 1. The monoisotopic (exact) mass is 245 g/mol. The lowest BCUT2D eigenvalue weighted by Crippen LogP contribution is -2.22. The van der Waals surface area contributed by atoms with Crippen LogP contribution in [0.5, 0.6) is 0 Å². The molecule has 0 saturated carbocycles. The molecule has 4 heteroatoms. The SMILES string of the molecule is Cc1cccc(C)c1NC(=O)/N=C1\CCCN1C. The standard InChI is InChI=1S/C14H19N3O/c1-10-6-4-7-11(2)13(10)16-14(18)15-12-8-5-9-17(12)3/h4,6-7H,5,8-9H2,1-3H3,(H,16,18)/b15-12+. The van der Waals surface area contributed by atoms with Gasteiger partial charge in [0.25, 0.3) is 0 Å². The van der Waals surface area contributed by atoms with Crippen LogP contribution in [0.1, 0.15) is 24.0 Å². The minimum atomic E-state index is -0.281. The Balaban J connectivity index is 2.12. The Hall–Kier alpha value is -1.84. The predicted octanol–water partition coefficient (Wildman–Crippen LogP) is 2.96. The fraction of sp³-hybridized carbons (Fsp3) is 0.429. The van der Waals surface area contributed by atoms with Crippen molar-refractivity contribution in [3.05, 3.63) is 29.3 Å². The molecule has 0 radical (unpaired) electrons. The van der Waals surface area contributed by atoms with Crippen molar-refractivity contribution in [2.24, 2.45) is 4.99 Å². The summed E-state index contributed by atoms with van der Waals surface area (Å²) in [6.07, 6.45) is 1.96. The van der Waals surface area contributed by atoms with E-state index in [1.807, 2.05) is 44.0 Å². The number of anilines is 1. The summed E-state index contributed by atoms with van der Waals surface area (Å²) < 4.78 is 0. The lowest BCUT2D eigenvalue weighted by Gasteiger charge is -2.12. The van der Waals surface area contributed by atoms with E-state index in [4.69, 9.17) is 0 Å². The van der Waals surface area contributed by atoms with Crippen LogP contribution in [0, 0.1) is 13.8 Å². The Labute approximate surface area is 108 Å². The molecule has 0 bridgehead atoms. The van der Waals surface area contributed by atoms with Gasteiger partial charge in [-0.3, -0.25) is 0 Å². The molecule has 1 aliphatic rings. The van der Waals surface area contributed by atoms with Crippen LogP contribution >= 0.6 is 0 Å². The molecule has 1 fully saturated rings. The highest BCUT2D eigenvalue weighted by Crippen LogP contribution is 2.19. The largest absolute Gasteiger partial charge is 0.363 e. The summed E-state index contributed by atoms with van der Waals surface area (Å²) in [5, 5.41) is 2.87. The Kier molecular flexibility index (Phi) is 3.65. The summed E-state index contributed by atoms with van der Waals surface area (Å²) in [5.74, 6) is 0.874. The van der Waals surface area contributed by atoms with Crippen molar-refractivity contribution in [2.45, 2.75) is 26.7 Å². The van der Waals surface area contributed by atoms with E-state index in [2.05, 4.69) is 10.3 Å². The second kappa shape index (κ2) is 5.21. The van der Waals surface area contributed by atoms with Crippen LogP contribution < -0.4 is 5.32 Å². The van der Waals surface area contributed by atoms with E-state index in [1.165, 1.54) is 0 Å². The number of aryl methyl sites for hydroxylation is 2. The van der Waals surface area contributed by atoms with Crippen LogP contribution in [0.15, 0.2) is 23.2 Å². The number of para-hydroxylation sites is 1. The van der Waals surface area contributed by atoms with Gasteiger partial charge in [-0.15, -0.1) is 0 Å². The third-order valence-electron chi connectivity index (χ3n) is 3.28. The number of likely N-dealkylation sites (tertiary alicyclic amines) is 1. The number of rotatable bonds is 1. The topological polar surface area (TPSA) is 44.7 Å². The molecule has 0 unspecified atom stereocenters. The number of nitrogens with zero attached hydrogens (tertiary/aromatic N) is 2. The van der Waals surface area contributed by atoms with Crippen molar-refractivity contribution >= 4 is 17.6 Å². The zero-order valence-corrected chi connectivity index (χ0v) is 11.2. The molecule has 1 saturated heterocycles. The van der Waals surface area contributed by atoms with E-state index in [0.29, 0.717) is 0 Å². The van der Waals surface area contributed by atoms with Crippen LogP contribution in [-0.4, -0.2) is 30.4 Å². The first kappa shape index (κ1) is 12.6. The minimum Gasteiger partial charge on any atom is -0.363 e. The van der Waals surface area contributed by atoms with Gasteiger partial charge in [0, 0.05) is 25.7 Å². The molecule has 4 nitrogen and oxygen atoms in total. The maximum absolute atomic E-state index is 11.9. The summed E-state index contributed by atoms with van der Waals surface area (Å²) in [6, 6.07) is 5.67. The Bertz CT molecular complexity index is 474. The zero-order valence-electron chi connectivity index (χ0n) is 11.2.